The Hall–Kier alpha value is -0.780. The van der Waals surface area contributed by atoms with Gasteiger partial charge in [-0.05, 0) is 44.4 Å². The Balaban J connectivity index is 2.05. The predicted molar refractivity (Wildman–Crippen MR) is 101 cm³/mol. The van der Waals surface area contributed by atoms with Crippen molar-refractivity contribution in [2.75, 3.05) is 38.2 Å². The summed E-state index contributed by atoms with van der Waals surface area (Å²) in [7, 11) is -2.93. The molecule has 0 aromatic heterocycles. The van der Waals surface area contributed by atoms with Crippen LogP contribution in [0, 0.1) is 10.8 Å². The lowest BCUT2D eigenvalue weighted by Crippen LogP contribution is -2.50. The quantitative estimate of drug-likeness (QED) is 0.562. The van der Waals surface area contributed by atoms with Crippen LogP contribution >= 0.6 is 0 Å². The topological polar surface area (TPSA) is 61.8 Å². The van der Waals surface area contributed by atoms with E-state index in [0.29, 0.717) is 12.0 Å². The van der Waals surface area contributed by atoms with Crippen LogP contribution in [0.2, 0.25) is 0 Å². The molecule has 1 saturated heterocycles. The van der Waals surface area contributed by atoms with Crippen LogP contribution in [-0.2, 0) is 9.84 Å². The Labute approximate surface area is 148 Å². The van der Waals surface area contributed by atoms with E-state index in [-0.39, 0.29) is 11.2 Å². The zero-order chi connectivity index (χ0) is 17.8. The van der Waals surface area contributed by atoms with E-state index in [2.05, 4.69) is 31.0 Å². The van der Waals surface area contributed by atoms with Crippen molar-refractivity contribution in [3.8, 4) is 0 Å². The maximum Gasteiger partial charge on any atom is 0.193 e. The minimum absolute atomic E-state index is 0.100. The van der Waals surface area contributed by atoms with Crippen LogP contribution in [0.1, 0.15) is 59.3 Å². The number of likely N-dealkylation sites (tertiary alicyclic amines) is 1. The highest BCUT2D eigenvalue weighted by Gasteiger charge is 2.45. The molecule has 0 aromatic carbocycles. The molecular formula is C18H35N3O2S. The fourth-order valence-electron chi connectivity index (χ4n) is 4.05. The molecule has 1 aliphatic carbocycles. The van der Waals surface area contributed by atoms with Gasteiger partial charge < -0.3 is 10.2 Å². The first-order valence-electron chi connectivity index (χ1n) is 9.42. The normalized spacial score (nSPS) is 27.2. The SMILES string of the molecule is CCCC1(C)CCCN(C(=NCC2(CS(C)(=O)=O)CC2)NCC)C1. The lowest BCUT2D eigenvalue weighted by molar-refractivity contribution is 0.142. The van der Waals surface area contributed by atoms with E-state index in [1.807, 2.05) is 0 Å². The molecule has 140 valence electrons. The Bertz CT molecular complexity index is 551. The van der Waals surface area contributed by atoms with Crippen LogP contribution in [0.25, 0.3) is 0 Å². The minimum Gasteiger partial charge on any atom is -0.357 e. The van der Waals surface area contributed by atoms with Gasteiger partial charge in [-0.1, -0.05) is 20.3 Å². The summed E-state index contributed by atoms with van der Waals surface area (Å²) in [6.07, 6.45) is 8.26. The molecule has 0 spiro atoms. The van der Waals surface area contributed by atoms with Gasteiger partial charge in [0.15, 0.2) is 5.96 Å². The molecule has 6 heteroatoms. The molecule has 0 amide bonds. The van der Waals surface area contributed by atoms with Crippen molar-refractivity contribution in [2.24, 2.45) is 15.8 Å². The van der Waals surface area contributed by atoms with Gasteiger partial charge in [-0.3, -0.25) is 4.99 Å². The summed E-state index contributed by atoms with van der Waals surface area (Å²) in [6, 6.07) is 0. The number of piperidine rings is 1. The lowest BCUT2D eigenvalue weighted by atomic mass is 9.78. The third-order valence-electron chi connectivity index (χ3n) is 5.36. The maximum atomic E-state index is 11.6. The average molecular weight is 358 g/mol. The summed E-state index contributed by atoms with van der Waals surface area (Å²) in [5.74, 6) is 1.25. The number of nitrogens with zero attached hydrogens (tertiary/aromatic N) is 2. The molecule has 1 aliphatic heterocycles. The minimum atomic E-state index is -2.93. The first-order chi connectivity index (χ1) is 11.2. The fourth-order valence-corrected chi connectivity index (χ4v) is 5.55. The van der Waals surface area contributed by atoms with Gasteiger partial charge in [0.2, 0.25) is 0 Å². The van der Waals surface area contributed by atoms with Gasteiger partial charge in [0, 0.05) is 37.8 Å². The summed E-state index contributed by atoms with van der Waals surface area (Å²) in [5.41, 5.74) is 0.268. The van der Waals surface area contributed by atoms with Gasteiger partial charge in [-0.25, -0.2) is 8.42 Å². The van der Waals surface area contributed by atoms with Crippen LogP contribution < -0.4 is 5.32 Å². The first-order valence-corrected chi connectivity index (χ1v) is 11.5. The molecule has 1 heterocycles. The molecule has 0 bridgehead atoms. The van der Waals surface area contributed by atoms with Crippen LogP contribution in [0.3, 0.4) is 0 Å². The van der Waals surface area contributed by atoms with Crippen molar-refractivity contribution in [3.05, 3.63) is 0 Å². The fraction of sp³-hybridized carbons (Fsp3) is 0.944. The Morgan fingerprint density at radius 2 is 1.96 bits per heavy atom. The standard InChI is InChI=1S/C18H35N3O2S/c1-5-8-17(3)9-7-12-21(14-17)16(19-6-2)20-13-18(10-11-18)15-24(4,22)23/h5-15H2,1-4H3,(H,19,20). The van der Waals surface area contributed by atoms with Crippen molar-refractivity contribution in [1.82, 2.24) is 10.2 Å². The Morgan fingerprint density at radius 3 is 2.50 bits per heavy atom. The van der Waals surface area contributed by atoms with Crippen molar-refractivity contribution in [2.45, 2.75) is 59.3 Å². The largest absolute Gasteiger partial charge is 0.357 e. The van der Waals surface area contributed by atoms with Crippen LogP contribution in [0.5, 0.6) is 0 Å². The van der Waals surface area contributed by atoms with Gasteiger partial charge in [0.25, 0.3) is 0 Å². The summed E-state index contributed by atoms with van der Waals surface area (Å²) in [6.45, 7) is 10.3. The number of nitrogens with one attached hydrogen (secondary N) is 1. The van der Waals surface area contributed by atoms with E-state index in [4.69, 9.17) is 4.99 Å². The van der Waals surface area contributed by atoms with Gasteiger partial charge in [0.1, 0.15) is 9.84 Å². The highest BCUT2D eigenvalue weighted by Crippen LogP contribution is 2.47. The highest BCUT2D eigenvalue weighted by molar-refractivity contribution is 7.90. The molecular weight excluding hydrogens is 322 g/mol. The van der Waals surface area contributed by atoms with Crippen LogP contribution in [0.4, 0.5) is 0 Å². The second kappa shape index (κ2) is 7.63. The second-order valence-corrected chi connectivity index (χ2v) is 10.5. The van der Waals surface area contributed by atoms with Crippen LogP contribution in [-0.4, -0.2) is 57.5 Å². The van der Waals surface area contributed by atoms with E-state index < -0.39 is 9.84 Å². The van der Waals surface area contributed by atoms with Gasteiger partial charge >= 0.3 is 0 Å². The smallest absolute Gasteiger partial charge is 0.193 e. The molecule has 1 saturated carbocycles. The van der Waals surface area contributed by atoms with Crippen molar-refractivity contribution in [3.63, 3.8) is 0 Å². The monoisotopic (exact) mass is 357 g/mol. The Kier molecular flexibility index (Phi) is 6.21. The number of hydrogen-bond acceptors (Lipinski definition) is 3. The number of rotatable bonds is 7. The zero-order valence-electron chi connectivity index (χ0n) is 15.9. The third-order valence-corrected chi connectivity index (χ3v) is 6.50. The summed E-state index contributed by atoms with van der Waals surface area (Å²) in [4.78, 5) is 7.24. The van der Waals surface area contributed by atoms with Gasteiger partial charge in [-0.2, -0.15) is 0 Å². The molecule has 24 heavy (non-hydrogen) atoms. The molecule has 0 radical (unpaired) electrons. The van der Waals surface area contributed by atoms with Crippen molar-refractivity contribution >= 4 is 15.8 Å². The molecule has 1 unspecified atom stereocenters. The van der Waals surface area contributed by atoms with Crippen molar-refractivity contribution < 1.29 is 8.42 Å². The number of sulfone groups is 1. The second-order valence-electron chi connectivity index (χ2n) is 8.33. The average Bonchev–Trinajstić information content (AvgIpc) is 3.21. The van der Waals surface area contributed by atoms with E-state index in [1.165, 1.54) is 31.9 Å². The summed E-state index contributed by atoms with van der Waals surface area (Å²) < 4.78 is 23.3. The molecule has 1 atom stereocenters. The van der Waals surface area contributed by atoms with Gasteiger partial charge in [-0.15, -0.1) is 0 Å². The number of aliphatic imine (C=N–C) groups is 1. The molecule has 2 fully saturated rings. The number of hydrogen-bond donors (Lipinski definition) is 1. The predicted octanol–water partition coefficient (Wildman–Crippen LogP) is 2.68. The number of guanidine groups is 1. The zero-order valence-corrected chi connectivity index (χ0v) is 16.7. The maximum absolute atomic E-state index is 11.6. The van der Waals surface area contributed by atoms with E-state index in [9.17, 15) is 8.42 Å². The molecule has 2 aliphatic rings. The van der Waals surface area contributed by atoms with E-state index >= 15 is 0 Å². The van der Waals surface area contributed by atoms with Gasteiger partial charge in [0.05, 0.1) is 5.75 Å². The van der Waals surface area contributed by atoms with E-state index in [1.54, 1.807) is 0 Å². The first kappa shape index (κ1) is 19.5. The van der Waals surface area contributed by atoms with Crippen molar-refractivity contribution in [1.29, 1.82) is 0 Å². The molecule has 0 aromatic rings. The Morgan fingerprint density at radius 1 is 1.25 bits per heavy atom. The molecule has 2 rings (SSSR count). The summed E-state index contributed by atoms with van der Waals surface area (Å²) >= 11 is 0. The lowest BCUT2D eigenvalue weighted by Gasteiger charge is -2.42. The molecule has 1 N–H and O–H groups in total. The highest BCUT2D eigenvalue weighted by atomic mass is 32.2. The van der Waals surface area contributed by atoms with Crippen LogP contribution in [0.15, 0.2) is 4.99 Å². The molecule has 5 nitrogen and oxygen atoms in total. The summed E-state index contributed by atoms with van der Waals surface area (Å²) in [5, 5.41) is 3.42. The van der Waals surface area contributed by atoms with E-state index in [0.717, 1.165) is 38.4 Å². The third kappa shape index (κ3) is 5.64.